The first kappa shape index (κ1) is 18.9. The molecular weight excluding hydrogens is 342 g/mol. The maximum atomic E-state index is 2.49. The molecule has 0 N–H and O–H groups in total. The van der Waals surface area contributed by atoms with Gasteiger partial charge in [-0.15, -0.1) is 23.5 Å². The quantitative estimate of drug-likeness (QED) is 0.589. The van der Waals surface area contributed by atoms with E-state index in [1.165, 1.54) is 48.4 Å². The van der Waals surface area contributed by atoms with Crippen LogP contribution in [0.3, 0.4) is 0 Å². The van der Waals surface area contributed by atoms with Gasteiger partial charge in [0, 0.05) is 6.54 Å². The van der Waals surface area contributed by atoms with E-state index in [0.717, 1.165) is 13.0 Å². The summed E-state index contributed by atoms with van der Waals surface area (Å²) in [4.78, 5) is 2.49. The van der Waals surface area contributed by atoms with Gasteiger partial charge >= 0.3 is 0 Å². The average Bonchev–Trinajstić information content (AvgIpc) is 2.69. The lowest BCUT2D eigenvalue weighted by molar-refractivity contribution is 0.328. The molecule has 0 spiro atoms. The summed E-state index contributed by atoms with van der Waals surface area (Å²) >= 11 is 4.34. The van der Waals surface area contributed by atoms with E-state index in [2.05, 4.69) is 96.1 Å². The highest BCUT2D eigenvalue weighted by molar-refractivity contribution is 8.18. The summed E-state index contributed by atoms with van der Waals surface area (Å²) < 4.78 is 0.278. The van der Waals surface area contributed by atoms with Crippen molar-refractivity contribution in [1.29, 1.82) is 0 Å². The van der Waals surface area contributed by atoms with Crippen molar-refractivity contribution in [3.63, 3.8) is 0 Å². The van der Waals surface area contributed by atoms with E-state index >= 15 is 0 Å². The zero-order valence-corrected chi connectivity index (χ0v) is 16.8. The molecule has 1 aliphatic rings. The average molecular weight is 372 g/mol. The molecule has 0 aromatic heterocycles. The molecule has 0 aliphatic carbocycles. The third-order valence-corrected chi connectivity index (χ3v) is 8.35. The third kappa shape index (κ3) is 5.54. The SMILES string of the molecule is CN(CCCC1(c2ccccc2)SCCCS1)CCc1ccccc1. The predicted molar refractivity (Wildman–Crippen MR) is 115 cm³/mol. The Labute approximate surface area is 161 Å². The minimum atomic E-state index is 0.278. The minimum absolute atomic E-state index is 0.278. The summed E-state index contributed by atoms with van der Waals surface area (Å²) in [6, 6.07) is 22.0. The summed E-state index contributed by atoms with van der Waals surface area (Å²) in [5.74, 6) is 2.59. The van der Waals surface area contributed by atoms with Crippen LogP contribution in [0.15, 0.2) is 60.7 Å². The Kier molecular flexibility index (Phi) is 7.33. The molecule has 2 aromatic carbocycles. The van der Waals surface area contributed by atoms with E-state index in [9.17, 15) is 0 Å². The maximum Gasteiger partial charge on any atom is 0.0860 e. The summed E-state index contributed by atoms with van der Waals surface area (Å²) in [6.07, 6.45) is 5.02. The zero-order valence-electron chi connectivity index (χ0n) is 15.2. The fourth-order valence-electron chi connectivity index (χ4n) is 3.38. The first-order chi connectivity index (χ1) is 12.3. The second-order valence-electron chi connectivity index (χ2n) is 6.81. The third-order valence-electron chi connectivity index (χ3n) is 4.84. The highest BCUT2D eigenvalue weighted by Gasteiger charge is 2.34. The number of thioether (sulfide) groups is 2. The van der Waals surface area contributed by atoms with Crippen molar-refractivity contribution in [2.75, 3.05) is 31.6 Å². The van der Waals surface area contributed by atoms with E-state index in [4.69, 9.17) is 0 Å². The van der Waals surface area contributed by atoms with Crippen LogP contribution in [0.5, 0.6) is 0 Å². The summed E-state index contributed by atoms with van der Waals surface area (Å²) in [7, 11) is 2.26. The molecule has 0 bridgehead atoms. The van der Waals surface area contributed by atoms with Gasteiger partial charge in [-0.3, -0.25) is 0 Å². The van der Waals surface area contributed by atoms with Gasteiger partial charge in [0.25, 0.3) is 0 Å². The number of likely N-dealkylation sites (N-methyl/N-ethyl adjacent to an activating group) is 1. The Morgan fingerprint density at radius 3 is 2.20 bits per heavy atom. The molecule has 0 unspecified atom stereocenters. The van der Waals surface area contributed by atoms with Gasteiger partial charge < -0.3 is 4.90 Å². The van der Waals surface area contributed by atoms with Gasteiger partial charge in [-0.25, -0.2) is 0 Å². The topological polar surface area (TPSA) is 3.24 Å². The highest BCUT2D eigenvalue weighted by Crippen LogP contribution is 2.53. The van der Waals surface area contributed by atoms with Gasteiger partial charge in [0.2, 0.25) is 0 Å². The second kappa shape index (κ2) is 9.70. The van der Waals surface area contributed by atoms with Gasteiger partial charge in [-0.1, -0.05) is 60.7 Å². The lowest BCUT2D eigenvalue weighted by Crippen LogP contribution is -2.27. The number of hydrogen-bond acceptors (Lipinski definition) is 3. The summed E-state index contributed by atoms with van der Waals surface area (Å²) in [5.41, 5.74) is 2.95. The fourth-order valence-corrected chi connectivity index (χ4v) is 6.82. The largest absolute Gasteiger partial charge is 0.306 e. The number of nitrogens with zero attached hydrogens (tertiary/aromatic N) is 1. The number of benzene rings is 2. The number of rotatable bonds is 8. The van der Waals surface area contributed by atoms with Crippen LogP contribution in [0.4, 0.5) is 0 Å². The standard InChI is InChI=1S/C22H29NS2/c1-23(17-14-20-10-4-2-5-11-20)16-8-15-22(24-18-9-19-25-22)21-12-6-3-7-13-21/h2-7,10-13H,8-9,14-19H2,1H3. The van der Waals surface area contributed by atoms with Crippen LogP contribution < -0.4 is 0 Å². The van der Waals surface area contributed by atoms with Crippen LogP contribution in [0, 0.1) is 0 Å². The van der Waals surface area contributed by atoms with Crippen molar-refractivity contribution in [3.8, 4) is 0 Å². The van der Waals surface area contributed by atoms with Crippen LogP contribution >= 0.6 is 23.5 Å². The van der Waals surface area contributed by atoms with E-state index < -0.39 is 0 Å². The molecule has 1 heterocycles. The van der Waals surface area contributed by atoms with Crippen LogP contribution in [-0.4, -0.2) is 36.5 Å². The van der Waals surface area contributed by atoms with Crippen molar-refractivity contribution in [2.45, 2.75) is 29.8 Å². The second-order valence-corrected chi connectivity index (χ2v) is 9.86. The van der Waals surface area contributed by atoms with Gasteiger partial charge in [0.05, 0.1) is 4.08 Å². The summed E-state index contributed by atoms with van der Waals surface area (Å²) in [6.45, 7) is 2.32. The molecule has 3 rings (SSSR count). The molecule has 25 heavy (non-hydrogen) atoms. The predicted octanol–water partition coefficient (Wildman–Crippen LogP) is 5.66. The van der Waals surface area contributed by atoms with Crippen molar-refractivity contribution in [2.24, 2.45) is 0 Å². The minimum Gasteiger partial charge on any atom is -0.306 e. The smallest absolute Gasteiger partial charge is 0.0860 e. The lowest BCUT2D eigenvalue weighted by Gasteiger charge is -2.37. The Morgan fingerprint density at radius 1 is 0.880 bits per heavy atom. The molecule has 1 saturated heterocycles. The molecular formula is C22H29NS2. The van der Waals surface area contributed by atoms with Crippen molar-refractivity contribution in [3.05, 3.63) is 71.8 Å². The van der Waals surface area contributed by atoms with Crippen LogP contribution in [0.25, 0.3) is 0 Å². The van der Waals surface area contributed by atoms with Gasteiger partial charge in [0.1, 0.15) is 0 Å². The van der Waals surface area contributed by atoms with E-state index in [0.29, 0.717) is 0 Å². The van der Waals surface area contributed by atoms with Gasteiger partial charge in [-0.2, -0.15) is 0 Å². The van der Waals surface area contributed by atoms with Crippen molar-refractivity contribution >= 4 is 23.5 Å². The first-order valence-electron chi connectivity index (χ1n) is 9.34. The molecule has 1 fully saturated rings. The van der Waals surface area contributed by atoms with Crippen LogP contribution in [0.1, 0.15) is 30.4 Å². The van der Waals surface area contributed by atoms with Gasteiger partial charge in [0.15, 0.2) is 0 Å². The maximum absolute atomic E-state index is 2.49. The fraction of sp³-hybridized carbons (Fsp3) is 0.455. The molecule has 3 heteroatoms. The molecule has 0 saturated carbocycles. The van der Waals surface area contributed by atoms with E-state index in [1.807, 2.05) is 0 Å². The molecule has 1 aliphatic heterocycles. The molecule has 0 amide bonds. The van der Waals surface area contributed by atoms with E-state index in [1.54, 1.807) is 0 Å². The van der Waals surface area contributed by atoms with Crippen molar-refractivity contribution in [1.82, 2.24) is 4.90 Å². The van der Waals surface area contributed by atoms with Crippen LogP contribution in [-0.2, 0) is 10.5 Å². The normalized spacial score (nSPS) is 16.9. The Balaban J connectivity index is 1.50. The zero-order chi connectivity index (χ0) is 17.4. The monoisotopic (exact) mass is 371 g/mol. The lowest BCUT2D eigenvalue weighted by atomic mass is 10.1. The molecule has 0 radical (unpaired) electrons. The first-order valence-corrected chi connectivity index (χ1v) is 11.3. The Hall–Kier alpha value is -0.900. The molecule has 2 aromatic rings. The number of hydrogen-bond donors (Lipinski definition) is 0. The Morgan fingerprint density at radius 2 is 1.52 bits per heavy atom. The molecule has 0 atom stereocenters. The van der Waals surface area contributed by atoms with Gasteiger partial charge in [-0.05, 0) is 61.9 Å². The Bertz CT molecular complexity index is 608. The van der Waals surface area contributed by atoms with Crippen LogP contribution in [0.2, 0.25) is 0 Å². The van der Waals surface area contributed by atoms with E-state index in [-0.39, 0.29) is 4.08 Å². The molecule has 1 nitrogen and oxygen atoms in total. The summed E-state index contributed by atoms with van der Waals surface area (Å²) in [5, 5.41) is 0. The van der Waals surface area contributed by atoms with Crippen molar-refractivity contribution < 1.29 is 0 Å². The molecule has 134 valence electrons. The highest BCUT2D eigenvalue weighted by atomic mass is 32.2.